The summed E-state index contributed by atoms with van der Waals surface area (Å²) in [5.41, 5.74) is 2.02. The molecule has 1 aromatic carbocycles. The van der Waals surface area contributed by atoms with Gasteiger partial charge in [-0.3, -0.25) is 19.9 Å². The number of barbiturate groups is 1. The standard InChI is InChI=1S/C18H15ClN4O3/c1-11-4-5-13(7-15(11)19)23-17(25)14(16(24)22-18(23)26)10-21-9-12-3-2-6-20-8-12/h2-8,10,14H,9H2,1H3,(H,22,24,26)/p+1/t14-/m0/s1. The minimum absolute atomic E-state index is 0.307. The highest BCUT2D eigenvalue weighted by Crippen LogP contribution is 2.25. The number of anilines is 1. The van der Waals surface area contributed by atoms with E-state index < -0.39 is 23.8 Å². The molecule has 3 rings (SSSR count). The molecule has 1 saturated heterocycles. The first-order valence-electron chi connectivity index (χ1n) is 7.88. The molecule has 132 valence electrons. The molecule has 0 bridgehead atoms. The van der Waals surface area contributed by atoms with Crippen molar-refractivity contribution in [1.82, 2.24) is 10.3 Å². The van der Waals surface area contributed by atoms with Gasteiger partial charge in [0.2, 0.25) is 0 Å². The van der Waals surface area contributed by atoms with E-state index in [4.69, 9.17) is 11.6 Å². The number of imide groups is 2. The van der Waals surface area contributed by atoms with Gasteiger partial charge in [0, 0.05) is 23.0 Å². The second-order valence-electron chi connectivity index (χ2n) is 5.79. The number of rotatable bonds is 4. The van der Waals surface area contributed by atoms with Crippen molar-refractivity contribution in [2.24, 2.45) is 5.92 Å². The average Bonchev–Trinajstić information content (AvgIpc) is 2.61. The van der Waals surface area contributed by atoms with Crippen LogP contribution < -0.4 is 15.2 Å². The number of hydrogen-bond acceptors (Lipinski definition) is 4. The van der Waals surface area contributed by atoms with Crippen LogP contribution in [0.3, 0.4) is 0 Å². The number of aryl methyl sites for hydroxylation is 1. The topological polar surface area (TPSA) is 93.3 Å². The Morgan fingerprint density at radius 2 is 2.12 bits per heavy atom. The van der Waals surface area contributed by atoms with E-state index in [0.717, 1.165) is 16.0 Å². The Morgan fingerprint density at radius 1 is 1.31 bits per heavy atom. The number of nitrogens with one attached hydrogen (secondary N) is 2. The lowest BCUT2D eigenvalue weighted by molar-refractivity contribution is -0.471. The van der Waals surface area contributed by atoms with Crippen LogP contribution in [0.5, 0.6) is 0 Å². The van der Waals surface area contributed by atoms with Crippen molar-refractivity contribution in [3.05, 3.63) is 58.9 Å². The minimum Gasteiger partial charge on any atom is -0.276 e. The van der Waals surface area contributed by atoms with Crippen LogP contribution in [0, 0.1) is 12.8 Å². The molecule has 0 spiro atoms. The van der Waals surface area contributed by atoms with Gasteiger partial charge in [-0.25, -0.2) is 14.7 Å². The van der Waals surface area contributed by atoms with Crippen molar-refractivity contribution < 1.29 is 19.4 Å². The van der Waals surface area contributed by atoms with Gasteiger partial charge >= 0.3 is 6.03 Å². The summed E-state index contributed by atoms with van der Waals surface area (Å²) in [6, 6.07) is 7.68. The van der Waals surface area contributed by atoms with E-state index >= 15 is 0 Å². The van der Waals surface area contributed by atoms with E-state index in [-0.39, 0.29) is 0 Å². The molecule has 8 heteroatoms. The van der Waals surface area contributed by atoms with Gasteiger partial charge in [-0.1, -0.05) is 17.7 Å². The molecule has 1 atom stereocenters. The lowest BCUT2D eigenvalue weighted by atomic mass is 10.1. The first-order valence-corrected chi connectivity index (χ1v) is 8.26. The number of benzene rings is 1. The number of amides is 4. The van der Waals surface area contributed by atoms with Crippen LogP contribution in [-0.4, -0.2) is 29.0 Å². The smallest absolute Gasteiger partial charge is 0.276 e. The third kappa shape index (κ3) is 3.62. The second kappa shape index (κ2) is 7.45. The molecule has 2 aromatic rings. The van der Waals surface area contributed by atoms with Crippen LogP contribution >= 0.6 is 11.6 Å². The second-order valence-corrected chi connectivity index (χ2v) is 6.20. The van der Waals surface area contributed by atoms with E-state index in [1.807, 2.05) is 13.0 Å². The van der Waals surface area contributed by atoms with Gasteiger partial charge in [-0.15, -0.1) is 0 Å². The van der Waals surface area contributed by atoms with Crippen molar-refractivity contribution in [2.45, 2.75) is 13.5 Å². The molecule has 0 unspecified atom stereocenters. The quantitative estimate of drug-likeness (QED) is 0.607. The van der Waals surface area contributed by atoms with Gasteiger partial charge in [0.25, 0.3) is 11.8 Å². The largest absolute Gasteiger partial charge is 0.335 e. The number of carbonyl (C=O) groups excluding carboxylic acids is 3. The van der Waals surface area contributed by atoms with Crippen LogP contribution in [0.4, 0.5) is 10.5 Å². The van der Waals surface area contributed by atoms with Crippen LogP contribution in [0.1, 0.15) is 11.1 Å². The number of halogens is 1. The number of pyridine rings is 1. The molecule has 2 N–H and O–H groups in total. The molecule has 1 fully saturated rings. The summed E-state index contributed by atoms with van der Waals surface area (Å²) in [6.07, 6.45) is 4.70. The first kappa shape index (κ1) is 17.8. The van der Waals surface area contributed by atoms with Gasteiger partial charge in [-0.05, 0) is 36.8 Å². The fourth-order valence-electron chi connectivity index (χ4n) is 2.50. The Kier molecular flexibility index (Phi) is 5.09. The molecule has 4 amide bonds. The predicted molar refractivity (Wildman–Crippen MR) is 95.7 cm³/mol. The average molecular weight is 372 g/mol. The van der Waals surface area contributed by atoms with Gasteiger partial charge in [0.05, 0.1) is 5.69 Å². The zero-order valence-electron chi connectivity index (χ0n) is 13.9. The third-order valence-electron chi connectivity index (χ3n) is 3.93. The number of carbonyl (C=O) groups is 3. The Balaban J connectivity index is 1.82. The highest BCUT2D eigenvalue weighted by molar-refractivity contribution is 6.34. The lowest BCUT2D eigenvalue weighted by Gasteiger charge is -2.27. The fraction of sp³-hybridized carbons (Fsp3) is 0.167. The molecule has 2 heterocycles. The molecule has 0 radical (unpaired) electrons. The molecule has 7 nitrogen and oxygen atoms in total. The van der Waals surface area contributed by atoms with Gasteiger partial charge < -0.3 is 0 Å². The SMILES string of the molecule is Cc1ccc(N2C(=O)NC(=O)[C@H](C=[NH+]Cc3cccnc3)C2=O)cc1Cl. The molecule has 1 aromatic heterocycles. The van der Waals surface area contributed by atoms with Crippen molar-refractivity contribution in [3.63, 3.8) is 0 Å². The van der Waals surface area contributed by atoms with Crippen molar-refractivity contribution in [2.75, 3.05) is 4.90 Å². The third-order valence-corrected chi connectivity index (χ3v) is 4.34. The maximum Gasteiger partial charge on any atom is 0.335 e. The van der Waals surface area contributed by atoms with Crippen LogP contribution in [0.2, 0.25) is 5.02 Å². The van der Waals surface area contributed by atoms with Gasteiger partial charge in [-0.2, -0.15) is 0 Å². The zero-order chi connectivity index (χ0) is 18.7. The van der Waals surface area contributed by atoms with E-state index in [2.05, 4.69) is 15.3 Å². The maximum atomic E-state index is 12.7. The van der Waals surface area contributed by atoms with E-state index in [1.165, 1.54) is 12.3 Å². The maximum absolute atomic E-state index is 12.7. The van der Waals surface area contributed by atoms with Crippen LogP contribution in [0.15, 0.2) is 42.7 Å². The summed E-state index contributed by atoms with van der Waals surface area (Å²) in [5, 5.41) is 2.62. The molecule has 0 aliphatic carbocycles. The number of hydrogen-bond donors (Lipinski definition) is 2. The lowest BCUT2D eigenvalue weighted by Crippen LogP contribution is -2.71. The Morgan fingerprint density at radius 3 is 2.81 bits per heavy atom. The number of nitrogens with zero attached hydrogens (tertiary/aromatic N) is 2. The molecular formula is C18H16ClN4O3+. The molecule has 26 heavy (non-hydrogen) atoms. The van der Waals surface area contributed by atoms with Gasteiger partial charge in [0.1, 0.15) is 0 Å². The first-order chi connectivity index (χ1) is 12.5. The summed E-state index contributed by atoms with van der Waals surface area (Å²) in [4.78, 5) is 44.7. The summed E-state index contributed by atoms with van der Waals surface area (Å²) >= 11 is 6.08. The van der Waals surface area contributed by atoms with Crippen LogP contribution in [-0.2, 0) is 16.1 Å². The molecular weight excluding hydrogens is 356 g/mol. The Labute approximate surface area is 154 Å². The van der Waals surface area contributed by atoms with Crippen molar-refractivity contribution in [3.8, 4) is 0 Å². The predicted octanol–water partition coefficient (Wildman–Crippen LogP) is 0.594. The normalized spacial score (nSPS) is 17.7. The fourth-order valence-corrected chi connectivity index (χ4v) is 2.67. The summed E-state index contributed by atoms with van der Waals surface area (Å²) in [7, 11) is 0. The summed E-state index contributed by atoms with van der Waals surface area (Å²) < 4.78 is 0. The number of urea groups is 1. The van der Waals surface area contributed by atoms with Gasteiger partial charge in [0.15, 0.2) is 18.7 Å². The highest BCUT2D eigenvalue weighted by Gasteiger charge is 2.42. The number of aromatic nitrogens is 1. The highest BCUT2D eigenvalue weighted by atomic mass is 35.5. The van der Waals surface area contributed by atoms with Crippen molar-refractivity contribution in [1.29, 1.82) is 0 Å². The monoisotopic (exact) mass is 371 g/mol. The molecule has 1 aliphatic rings. The summed E-state index contributed by atoms with van der Waals surface area (Å²) in [5.74, 6) is -2.45. The minimum atomic E-state index is -1.13. The van der Waals surface area contributed by atoms with E-state index in [9.17, 15) is 14.4 Å². The van der Waals surface area contributed by atoms with E-state index in [1.54, 1.807) is 30.6 Å². The zero-order valence-corrected chi connectivity index (χ0v) is 14.7. The Hall–Kier alpha value is -3.06. The van der Waals surface area contributed by atoms with E-state index in [0.29, 0.717) is 17.3 Å². The molecule has 1 aliphatic heterocycles. The Bertz CT molecular complexity index is 899. The molecule has 0 saturated carbocycles. The summed E-state index contributed by atoms with van der Waals surface area (Å²) in [6.45, 7) is 2.21. The van der Waals surface area contributed by atoms with Crippen molar-refractivity contribution >= 4 is 41.3 Å². The van der Waals surface area contributed by atoms with Crippen LogP contribution in [0.25, 0.3) is 0 Å².